The number of anilines is 3. The molecule has 9 heteroatoms. The Balaban J connectivity index is 2.02. The molecule has 1 aromatic carbocycles. The SMILES string of the molecule is C[C@H](CO)Nc1nc(Nc2c(F)cc(F)cc2F)cc(-c2cccnc2)n1. The van der Waals surface area contributed by atoms with Gasteiger partial charge >= 0.3 is 0 Å². The number of nitrogens with zero attached hydrogens (tertiary/aromatic N) is 3. The molecule has 0 saturated heterocycles. The molecule has 0 aliphatic rings. The summed E-state index contributed by atoms with van der Waals surface area (Å²) in [4.78, 5) is 12.5. The van der Waals surface area contributed by atoms with Crippen LogP contribution in [0.3, 0.4) is 0 Å². The van der Waals surface area contributed by atoms with Gasteiger partial charge in [-0.05, 0) is 19.1 Å². The van der Waals surface area contributed by atoms with Crippen LogP contribution in [0.2, 0.25) is 0 Å². The summed E-state index contributed by atoms with van der Waals surface area (Å²) in [5.74, 6) is -2.97. The van der Waals surface area contributed by atoms with E-state index < -0.39 is 23.1 Å². The van der Waals surface area contributed by atoms with Crippen molar-refractivity contribution < 1.29 is 18.3 Å². The van der Waals surface area contributed by atoms with Gasteiger partial charge in [-0.1, -0.05) is 0 Å². The summed E-state index contributed by atoms with van der Waals surface area (Å²) in [6, 6.07) is 5.75. The van der Waals surface area contributed by atoms with Crippen LogP contribution in [0.5, 0.6) is 0 Å². The smallest absolute Gasteiger partial charge is 0.225 e. The van der Waals surface area contributed by atoms with E-state index in [1.54, 1.807) is 31.5 Å². The molecule has 0 fully saturated rings. The minimum Gasteiger partial charge on any atom is -0.394 e. The van der Waals surface area contributed by atoms with Gasteiger partial charge in [-0.25, -0.2) is 18.2 Å². The average Bonchev–Trinajstić information content (AvgIpc) is 2.65. The molecule has 0 aliphatic heterocycles. The Hall–Kier alpha value is -3.20. The molecule has 3 aromatic rings. The highest BCUT2D eigenvalue weighted by atomic mass is 19.1. The number of halogens is 3. The van der Waals surface area contributed by atoms with Gasteiger partial charge in [0, 0.05) is 42.2 Å². The number of rotatable bonds is 6. The van der Waals surface area contributed by atoms with Gasteiger partial charge < -0.3 is 15.7 Å². The summed E-state index contributed by atoms with van der Waals surface area (Å²) in [5, 5.41) is 14.6. The molecule has 1 atom stereocenters. The van der Waals surface area contributed by atoms with Gasteiger partial charge in [0.1, 0.15) is 17.3 Å². The van der Waals surface area contributed by atoms with Crippen molar-refractivity contribution in [2.24, 2.45) is 0 Å². The highest BCUT2D eigenvalue weighted by Gasteiger charge is 2.15. The molecule has 140 valence electrons. The van der Waals surface area contributed by atoms with Crippen molar-refractivity contribution >= 4 is 17.5 Å². The van der Waals surface area contributed by atoms with Crippen molar-refractivity contribution in [3.05, 3.63) is 60.2 Å². The lowest BCUT2D eigenvalue weighted by molar-refractivity contribution is 0.281. The van der Waals surface area contributed by atoms with Gasteiger partial charge in [0.2, 0.25) is 5.95 Å². The standard InChI is InChI=1S/C18H16F3N5O/c1-10(9-27)23-18-24-15(11-3-2-4-22-8-11)7-16(26-18)25-17-13(20)5-12(19)6-14(17)21/h2-8,10,27H,9H2,1H3,(H2,23,24,25,26)/t10-/m1/s1. The molecule has 0 saturated carbocycles. The van der Waals surface area contributed by atoms with Gasteiger partial charge in [-0.2, -0.15) is 4.98 Å². The molecule has 27 heavy (non-hydrogen) atoms. The molecule has 0 aliphatic carbocycles. The number of pyridine rings is 1. The Bertz CT molecular complexity index is 917. The van der Waals surface area contributed by atoms with Crippen molar-refractivity contribution in [1.29, 1.82) is 0 Å². The van der Waals surface area contributed by atoms with Gasteiger partial charge in [-0.3, -0.25) is 4.98 Å². The first kappa shape index (κ1) is 18.6. The fraction of sp³-hybridized carbons (Fsp3) is 0.167. The molecule has 0 radical (unpaired) electrons. The van der Waals surface area contributed by atoms with Crippen molar-refractivity contribution in [3.63, 3.8) is 0 Å². The quantitative estimate of drug-likeness (QED) is 0.612. The second kappa shape index (κ2) is 8.00. The van der Waals surface area contributed by atoms with Gasteiger partial charge in [0.05, 0.1) is 12.3 Å². The third-order valence-corrected chi connectivity index (χ3v) is 3.59. The number of aliphatic hydroxyl groups excluding tert-OH is 1. The second-order valence-electron chi connectivity index (χ2n) is 5.80. The van der Waals surface area contributed by atoms with Crippen molar-refractivity contribution in [2.75, 3.05) is 17.2 Å². The van der Waals surface area contributed by atoms with E-state index >= 15 is 0 Å². The van der Waals surface area contributed by atoms with Gasteiger partial charge in [-0.15, -0.1) is 0 Å². The van der Waals surface area contributed by atoms with E-state index in [-0.39, 0.29) is 24.4 Å². The molecule has 6 nitrogen and oxygen atoms in total. The zero-order valence-electron chi connectivity index (χ0n) is 14.2. The van der Waals surface area contributed by atoms with Crippen LogP contribution in [0.15, 0.2) is 42.7 Å². The Labute approximate surface area is 153 Å². The van der Waals surface area contributed by atoms with E-state index in [0.717, 1.165) is 0 Å². The summed E-state index contributed by atoms with van der Waals surface area (Å²) in [6.07, 6.45) is 3.17. The lowest BCUT2D eigenvalue weighted by atomic mass is 10.2. The van der Waals surface area contributed by atoms with Crippen LogP contribution in [0.25, 0.3) is 11.3 Å². The summed E-state index contributed by atoms with van der Waals surface area (Å²) in [5.41, 5.74) is 0.562. The Morgan fingerprint density at radius 3 is 2.48 bits per heavy atom. The van der Waals surface area contributed by atoms with Gasteiger partial charge in [0.25, 0.3) is 0 Å². The first-order valence-corrected chi connectivity index (χ1v) is 8.04. The van der Waals surface area contributed by atoms with E-state index in [9.17, 15) is 18.3 Å². The predicted octanol–water partition coefficient (Wildman–Crippen LogP) is 3.49. The maximum Gasteiger partial charge on any atom is 0.225 e. The minimum atomic E-state index is -1.09. The first-order chi connectivity index (χ1) is 13.0. The van der Waals surface area contributed by atoms with Crippen molar-refractivity contribution in [2.45, 2.75) is 13.0 Å². The van der Waals surface area contributed by atoms with Crippen LogP contribution in [0.1, 0.15) is 6.92 Å². The molecule has 0 unspecified atom stereocenters. The molecule has 2 heterocycles. The number of aromatic nitrogens is 3. The number of hydrogen-bond acceptors (Lipinski definition) is 6. The largest absolute Gasteiger partial charge is 0.394 e. The first-order valence-electron chi connectivity index (χ1n) is 8.04. The van der Waals surface area contributed by atoms with Crippen LogP contribution < -0.4 is 10.6 Å². The summed E-state index contributed by atoms with van der Waals surface area (Å²) < 4.78 is 41.0. The molecule has 0 spiro atoms. The number of aliphatic hydroxyl groups is 1. The number of hydrogen-bond donors (Lipinski definition) is 3. The third-order valence-electron chi connectivity index (χ3n) is 3.59. The van der Waals surface area contributed by atoms with E-state index in [1.807, 2.05) is 0 Å². The normalized spacial score (nSPS) is 11.9. The molecule has 0 amide bonds. The lowest BCUT2D eigenvalue weighted by Crippen LogP contribution is -2.21. The van der Waals surface area contributed by atoms with Crippen LogP contribution in [-0.2, 0) is 0 Å². The third kappa shape index (κ3) is 4.50. The fourth-order valence-corrected chi connectivity index (χ4v) is 2.29. The van der Waals surface area contributed by atoms with E-state index in [0.29, 0.717) is 23.4 Å². The molecule has 0 bridgehead atoms. The van der Waals surface area contributed by atoms with Crippen LogP contribution in [-0.4, -0.2) is 32.7 Å². The summed E-state index contributed by atoms with van der Waals surface area (Å²) in [6.45, 7) is 1.55. The number of benzene rings is 1. The molecule has 2 aromatic heterocycles. The van der Waals surface area contributed by atoms with E-state index in [2.05, 4.69) is 25.6 Å². The summed E-state index contributed by atoms with van der Waals surface area (Å²) >= 11 is 0. The highest BCUT2D eigenvalue weighted by Crippen LogP contribution is 2.27. The predicted molar refractivity (Wildman–Crippen MR) is 95.0 cm³/mol. The second-order valence-corrected chi connectivity index (χ2v) is 5.80. The minimum absolute atomic E-state index is 0.0842. The van der Waals surface area contributed by atoms with E-state index in [4.69, 9.17) is 0 Å². The van der Waals surface area contributed by atoms with Crippen LogP contribution >= 0.6 is 0 Å². The van der Waals surface area contributed by atoms with E-state index in [1.165, 1.54) is 6.07 Å². The zero-order valence-corrected chi connectivity index (χ0v) is 14.2. The Kier molecular flexibility index (Phi) is 5.51. The topological polar surface area (TPSA) is 83.0 Å². The Morgan fingerprint density at radius 1 is 1.11 bits per heavy atom. The molecule has 3 rings (SSSR count). The fourth-order valence-electron chi connectivity index (χ4n) is 2.29. The molecule has 3 N–H and O–H groups in total. The highest BCUT2D eigenvalue weighted by molar-refractivity contribution is 5.67. The van der Waals surface area contributed by atoms with Crippen LogP contribution in [0, 0.1) is 17.5 Å². The van der Waals surface area contributed by atoms with Crippen molar-refractivity contribution in [3.8, 4) is 11.3 Å². The maximum atomic E-state index is 13.9. The zero-order chi connectivity index (χ0) is 19.4. The molecular formula is C18H16F3N5O. The maximum absolute atomic E-state index is 13.9. The number of nitrogens with one attached hydrogen (secondary N) is 2. The van der Waals surface area contributed by atoms with Crippen LogP contribution in [0.4, 0.5) is 30.6 Å². The average molecular weight is 375 g/mol. The summed E-state index contributed by atoms with van der Waals surface area (Å²) in [7, 11) is 0. The lowest BCUT2D eigenvalue weighted by Gasteiger charge is -2.14. The van der Waals surface area contributed by atoms with Gasteiger partial charge in [0.15, 0.2) is 11.6 Å². The Morgan fingerprint density at radius 2 is 1.85 bits per heavy atom. The molecular weight excluding hydrogens is 359 g/mol. The van der Waals surface area contributed by atoms with Crippen molar-refractivity contribution in [1.82, 2.24) is 15.0 Å². The monoisotopic (exact) mass is 375 g/mol.